The minimum absolute atomic E-state index is 0.00352. The average molecular weight is 1080 g/mol. The maximum Gasteiger partial charge on any atom is 0.351 e. The van der Waals surface area contributed by atoms with Crippen molar-refractivity contribution in [2.45, 2.75) is 94.2 Å². The van der Waals surface area contributed by atoms with Gasteiger partial charge in [-0.15, -0.1) is 0 Å². The van der Waals surface area contributed by atoms with Crippen LogP contribution in [-0.4, -0.2) is 102 Å². The van der Waals surface area contributed by atoms with Crippen molar-refractivity contribution in [2.24, 2.45) is 0 Å². The topological polar surface area (TPSA) is 207 Å². The molecule has 0 aliphatic carbocycles. The number of imidazole rings is 1. The van der Waals surface area contributed by atoms with Crippen molar-refractivity contribution in [2.75, 3.05) is 45.1 Å². The molecule has 75 heavy (non-hydrogen) atoms. The summed E-state index contributed by atoms with van der Waals surface area (Å²) >= 11 is 6.27. The molecule has 2 aliphatic heterocycles. The Bertz CT molecular complexity index is 3150. The van der Waals surface area contributed by atoms with E-state index >= 15 is 0 Å². The lowest BCUT2D eigenvalue weighted by Gasteiger charge is -2.39. The molecule has 0 radical (unpaired) electrons. The van der Waals surface area contributed by atoms with Gasteiger partial charge in [-0.1, -0.05) is 93.6 Å². The minimum atomic E-state index is -3.15. The fraction of sp³-hybridized carbons (Fsp3) is 0.370. The highest BCUT2D eigenvalue weighted by Crippen LogP contribution is 2.51. The maximum atomic E-state index is 13.6. The summed E-state index contributed by atoms with van der Waals surface area (Å²) < 4.78 is 56.0. The van der Waals surface area contributed by atoms with Gasteiger partial charge in [-0.3, -0.25) is 13.9 Å². The van der Waals surface area contributed by atoms with Crippen molar-refractivity contribution in [1.82, 2.24) is 29.1 Å². The van der Waals surface area contributed by atoms with Crippen molar-refractivity contribution in [3.8, 4) is 11.5 Å². The van der Waals surface area contributed by atoms with Crippen LogP contribution in [0.4, 0.5) is 11.6 Å². The number of carbonyl (C=O) groups excluding carboxylic acids is 1. The summed E-state index contributed by atoms with van der Waals surface area (Å²) in [5.74, 6) is 1.36. The van der Waals surface area contributed by atoms with Crippen molar-refractivity contribution < 1.29 is 42.0 Å². The second-order valence-corrected chi connectivity index (χ2v) is 28.8. The molecule has 3 aromatic heterocycles. The lowest BCUT2D eigenvalue weighted by molar-refractivity contribution is -0.0909. The van der Waals surface area contributed by atoms with Gasteiger partial charge >= 0.3 is 5.69 Å². The van der Waals surface area contributed by atoms with Crippen molar-refractivity contribution >= 4 is 55.3 Å². The summed E-state index contributed by atoms with van der Waals surface area (Å²) in [7, 11) is 0.868. The zero-order valence-corrected chi connectivity index (χ0v) is 45.9. The molecule has 0 bridgehead atoms. The van der Waals surface area contributed by atoms with Gasteiger partial charge < -0.3 is 48.2 Å². The number of amides is 1. The summed E-state index contributed by atoms with van der Waals surface area (Å²) in [5, 5.41) is 2.58. The van der Waals surface area contributed by atoms with E-state index < -0.39 is 63.0 Å². The number of methoxy groups -OCH3 is 2. The molecule has 0 saturated carbocycles. The number of nitrogens with zero attached hydrogens (tertiary/aromatic N) is 6. The van der Waals surface area contributed by atoms with Crippen LogP contribution < -0.4 is 26.2 Å². The molecule has 7 aromatic rings. The second kappa shape index (κ2) is 22.2. The molecule has 2 fully saturated rings. The van der Waals surface area contributed by atoms with E-state index in [0.717, 1.165) is 16.7 Å². The van der Waals surface area contributed by atoms with Crippen LogP contribution >= 0.6 is 6.49 Å². The number of aromatic nitrogens is 6. The molecule has 0 spiro atoms. The van der Waals surface area contributed by atoms with Crippen molar-refractivity contribution in [3.05, 3.63) is 167 Å². The van der Waals surface area contributed by atoms with Gasteiger partial charge in [0.25, 0.3) is 5.91 Å². The summed E-state index contributed by atoms with van der Waals surface area (Å²) in [6, 6.07) is 35.9. The third kappa shape index (κ3) is 11.6. The smallest absolute Gasteiger partial charge is 0.351 e. The lowest BCUT2D eigenvalue weighted by Crippen LogP contribution is -2.46. The number of benzene rings is 4. The fourth-order valence-corrected chi connectivity index (χ4v) is 12.2. The van der Waals surface area contributed by atoms with E-state index in [1.54, 1.807) is 63.7 Å². The minimum Gasteiger partial charge on any atom is -0.497 e. The summed E-state index contributed by atoms with van der Waals surface area (Å²) in [6.45, 7) is 9.49. The van der Waals surface area contributed by atoms with Gasteiger partial charge in [-0.2, -0.15) is 4.98 Å². The number of nitrogens with one attached hydrogen (secondary N) is 1. The van der Waals surface area contributed by atoms with E-state index in [-0.39, 0.29) is 35.8 Å². The normalized spacial score (nSPS) is 21.0. The molecule has 2 aliphatic rings. The first kappa shape index (κ1) is 53.6. The molecular weight excluding hydrogens is 1010 g/mol. The number of fused-ring (bicyclic) bond motifs is 1. The number of rotatable bonds is 19. The van der Waals surface area contributed by atoms with Crippen molar-refractivity contribution in [3.63, 3.8) is 0 Å². The Balaban J connectivity index is 0.997. The number of nitrogen functional groups attached to an aromatic ring is 1. The van der Waals surface area contributed by atoms with E-state index in [1.807, 2.05) is 89.5 Å². The molecule has 2 saturated heterocycles. The quantitative estimate of drug-likeness (QED) is 0.0439. The Kier molecular flexibility index (Phi) is 15.9. The Morgan fingerprint density at radius 3 is 1.96 bits per heavy atom. The number of hydrogen-bond acceptors (Lipinski definition) is 16. The van der Waals surface area contributed by atoms with Crippen LogP contribution in [0.15, 0.2) is 139 Å². The van der Waals surface area contributed by atoms with E-state index in [0.29, 0.717) is 41.1 Å². The monoisotopic (exact) mass is 1070 g/mol. The van der Waals surface area contributed by atoms with Crippen LogP contribution in [0.1, 0.15) is 73.1 Å². The second-order valence-electron chi connectivity index (χ2n) is 20.1. The van der Waals surface area contributed by atoms with Crippen LogP contribution in [0.5, 0.6) is 11.5 Å². The molecule has 7 atom stereocenters. The van der Waals surface area contributed by atoms with Gasteiger partial charge in [0.15, 0.2) is 26.3 Å². The summed E-state index contributed by atoms with van der Waals surface area (Å²) in [4.78, 5) is 43.9. The SMILES string of the molecule is COc1ccc(C(OC[C@H]2O[C@@H](n3cnc4c(N)ncnc43)C[C@@H]2OP(C)(=S)OC[C@H]2O[C@@H](n3ccc(NC(=O)c4ccccc4)nc3=O)C[C@@H]2O[Si](C)(C)C(C)(C)C)(c2ccccc2)c2ccc(OC)cc2)cc1. The number of nitrogens with two attached hydrogens (primary N) is 1. The Labute approximate surface area is 442 Å². The van der Waals surface area contributed by atoms with Gasteiger partial charge in [-0.25, -0.2) is 19.7 Å². The summed E-state index contributed by atoms with van der Waals surface area (Å²) in [6.07, 6.45) is 1.38. The molecule has 9 rings (SSSR count). The highest BCUT2D eigenvalue weighted by atomic mass is 32.5. The zero-order valence-electron chi connectivity index (χ0n) is 43.2. The average Bonchev–Trinajstić information content (AvgIpc) is 4.13. The Morgan fingerprint density at radius 2 is 1.36 bits per heavy atom. The third-order valence-electron chi connectivity index (χ3n) is 14.2. The standard InChI is InChI=1S/C54H63N8O10PSSi/c1-53(2,3)75(7,8)72-42-30-46(61-28-27-45(60-52(61)64)59-51(63)35-15-11-9-12-16-35)70-44(42)32-68-73(6,74)71-41-29-47(62-34-58-48-49(55)56-33-57-50(48)62)69-43(41)31-67-54(36-17-13-10-14-18-36,37-19-23-39(65-4)24-20-37)38-21-25-40(66-5)26-22-38/h9-28,33-34,41-44,46-47H,29-32H2,1-8H3,(H2,55,56,57)(H,59,60,63,64)/t41-,42-,43+,44+,46+,47+,73?/m0/s1. The van der Waals surface area contributed by atoms with Crippen molar-refractivity contribution in [1.29, 1.82) is 0 Å². The van der Waals surface area contributed by atoms with Crippen LogP contribution in [0.3, 0.4) is 0 Å². The van der Waals surface area contributed by atoms with Crippen LogP contribution in [0.25, 0.3) is 11.2 Å². The van der Waals surface area contributed by atoms with Crippen LogP contribution in [0, 0.1) is 0 Å². The van der Waals surface area contributed by atoms with Crippen LogP contribution in [-0.2, 0) is 45.1 Å². The molecule has 394 valence electrons. The maximum absolute atomic E-state index is 13.6. The molecule has 5 heterocycles. The fourth-order valence-electron chi connectivity index (χ4n) is 9.16. The third-order valence-corrected chi connectivity index (χ3v) is 20.5. The van der Waals surface area contributed by atoms with E-state index in [1.165, 1.54) is 10.9 Å². The molecule has 4 aromatic carbocycles. The molecule has 21 heteroatoms. The number of hydrogen-bond donors (Lipinski definition) is 2. The van der Waals surface area contributed by atoms with Gasteiger partial charge in [-0.05, 0) is 89.1 Å². The van der Waals surface area contributed by atoms with E-state index in [4.69, 9.17) is 54.7 Å². The van der Waals surface area contributed by atoms with Gasteiger partial charge in [0.1, 0.15) is 59.4 Å². The first-order valence-corrected chi connectivity index (χ1v) is 30.6. The molecule has 18 nitrogen and oxygen atoms in total. The van der Waals surface area contributed by atoms with Crippen LogP contribution in [0.2, 0.25) is 18.1 Å². The zero-order chi connectivity index (χ0) is 53.1. The van der Waals surface area contributed by atoms with Gasteiger partial charge in [0, 0.05) is 31.3 Å². The summed E-state index contributed by atoms with van der Waals surface area (Å²) in [5.41, 5.74) is 8.41. The largest absolute Gasteiger partial charge is 0.497 e. The molecule has 3 N–H and O–H groups in total. The number of anilines is 2. The molecular formula is C54H63N8O10PSSi. The van der Waals surface area contributed by atoms with E-state index in [9.17, 15) is 9.59 Å². The molecule has 1 unspecified atom stereocenters. The predicted octanol–water partition coefficient (Wildman–Crippen LogP) is 9.25. The molecule has 1 amide bonds. The Morgan fingerprint density at radius 1 is 0.787 bits per heavy atom. The lowest BCUT2D eigenvalue weighted by atomic mass is 9.80. The van der Waals surface area contributed by atoms with Gasteiger partial charge in [0.05, 0.1) is 46.0 Å². The predicted molar refractivity (Wildman–Crippen MR) is 291 cm³/mol. The number of carbonyl (C=O) groups is 1. The first-order valence-electron chi connectivity index (χ1n) is 24.6. The Hall–Kier alpha value is -6.19. The van der Waals surface area contributed by atoms with Gasteiger partial charge in [0.2, 0.25) is 0 Å². The number of ether oxygens (including phenoxy) is 5. The highest BCUT2D eigenvalue weighted by Gasteiger charge is 2.48. The van der Waals surface area contributed by atoms with E-state index in [2.05, 4.69) is 59.1 Å². The first-order chi connectivity index (χ1) is 35.9. The highest BCUT2D eigenvalue weighted by molar-refractivity contribution is 8.09.